The normalized spacial score (nSPS) is 16.9. The minimum Gasteiger partial charge on any atom is -0.490 e. The van der Waals surface area contributed by atoms with Crippen molar-refractivity contribution in [2.75, 3.05) is 44.2 Å². The zero-order chi connectivity index (χ0) is 17.8. The van der Waals surface area contributed by atoms with Crippen molar-refractivity contribution in [3.63, 3.8) is 0 Å². The first-order chi connectivity index (χ1) is 12.0. The van der Waals surface area contributed by atoms with Gasteiger partial charge in [0.15, 0.2) is 5.13 Å². The van der Waals surface area contributed by atoms with Crippen LogP contribution in [0.15, 0.2) is 23.7 Å². The fourth-order valence-corrected chi connectivity index (χ4v) is 3.87. The highest BCUT2D eigenvalue weighted by molar-refractivity contribution is 7.13. The molecule has 1 aliphatic rings. The smallest absolute Gasteiger partial charge is 0.185 e. The molecule has 1 aromatic carbocycles. The van der Waals surface area contributed by atoms with Gasteiger partial charge in [0.05, 0.1) is 0 Å². The fraction of sp³-hybridized carbons (Fsp3) is 0.526. The molecule has 1 unspecified atom stereocenters. The number of ether oxygens (including phenoxy) is 1. The van der Waals surface area contributed by atoms with Crippen LogP contribution in [0.2, 0.25) is 0 Å². The molecular weight excluding hydrogens is 334 g/mol. The average molecular weight is 362 g/mol. The molecule has 3 rings (SSSR count). The maximum absolute atomic E-state index is 10.4. The number of aromatic nitrogens is 1. The van der Waals surface area contributed by atoms with Crippen LogP contribution in [0.5, 0.6) is 5.75 Å². The number of benzene rings is 1. The van der Waals surface area contributed by atoms with E-state index in [0.717, 1.165) is 48.2 Å². The Morgan fingerprint density at radius 1 is 1.16 bits per heavy atom. The van der Waals surface area contributed by atoms with Gasteiger partial charge in [-0.05, 0) is 37.5 Å². The molecule has 1 saturated heterocycles. The van der Waals surface area contributed by atoms with Crippen LogP contribution >= 0.6 is 11.3 Å². The minimum absolute atomic E-state index is 0.331. The summed E-state index contributed by atoms with van der Waals surface area (Å²) < 4.78 is 5.94. The van der Waals surface area contributed by atoms with Crippen molar-refractivity contribution in [3.05, 3.63) is 40.4 Å². The van der Waals surface area contributed by atoms with Gasteiger partial charge in [-0.3, -0.25) is 4.90 Å². The first-order valence-corrected chi connectivity index (χ1v) is 9.67. The van der Waals surface area contributed by atoms with Gasteiger partial charge in [0, 0.05) is 44.3 Å². The summed E-state index contributed by atoms with van der Waals surface area (Å²) in [6.07, 6.45) is 1.37. The van der Waals surface area contributed by atoms with Crippen LogP contribution in [0.1, 0.15) is 16.7 Å². The van der Waals surface area contributed by atoms with Gasteiger partial charge in [-0.25, -0.2) is 4.98 Å². The molecule has 0 saturated carbocycles. The first kappa shape index (κ1) is 18.2. The third-order valence-corrected chi connectivity index (χ3v) is 5.66. The van der Waals surface area contributed by atoms with E-state index >= 15 is 0 Å². The topological polar surface area (TPSA) is 48.8 Å². The van der Waals surface area contributed by atoms with Crippen molar-refractivity contribution in [2.24, 2.45) is 0 Å². The van der Waals surface area contributed by atoms with Crippen LogP contribution < -0.4 is 9.64 Å². The molecule has 1 fully saturated rings. The number of thiazole rings is 1. The van der Waals surface area contributed by atoms with Crippen molar-refractivity contribution in [3.8, 4) is 5.75 Å². The molecule has 136 valence electrons. The Bertz CT molecular complexity index is 682. The highest BCUT2D eigenvalue weighted by atomic mass is 32.1. The van der Waals surface area contributed by atoms with Crippen molar-refractivity contribution in [1.82, 2.24) is 9.88 Å². The van der Waals surface area contributed by atoms with Crippen molar-refractivity contribution in [1.29, 1.82) is 0 Å². The molecule has 0 aliphatic carbocycles. The van der Waals surface area contributed by atoms with Gasteiger partial charge in [-0.2, -0.15) is 0 Å². The van der Waals surface area contributed by atoms with E-state index in [2.05, 4.69) is 40.8 Å². The highest BCUT2D eigenvalue weighted by Crippen LogP contribution is 2.26. The largest absolute Gasteiger partial charge is 0.490 e. The van der Waals surface area contributed by atoms with Gasteiger partial charge in [0.2, 0.25) is 0 Å². The molecule has 2 aromatic rings. The lowest BCUT2D eigenvalue weighted by Gasteiger charge is -2.35. The Hall–Kier alpha value is -1.63. The molecule has 2 heterocycles. The lowest BCUT2D eigenvalue weighted by molar-refractivity contribution is 0.0658. The Balaban J connectivity index is 1.46. The number of piperazine rings is 1. The van der Waals surface area contributed by atoms with Gasteiger partial charge in [0.1, 0.15) is 18.5 Å². The molecule has 5 nitrogen and oxygen atoms in total. The van der Waals surface area contributed by atoms with Gasteiger partial charge >= 0.3 is 0 Å². The Labute approximate surface area is 153 Å². The molecule has 0 amide bonds. The third kappa shape index (κ3) is 4.51. The number of aliphatic hydroxyl groups is 1. The lowest BCUT2D eigenvalue weighted by Crippen LogP contribution is -2.49. The van der Waals surface area contributed by atoms with E-state index in [-0.39, 0.29) is 0 Å². The van der Waals surface area contributed by atoms with E-state index < -0.39 is 6.10 Å². The van der Waals surface area contributed by atoms with E-state index in [0.29, 0.717) is 13.2 Å². The monoisotopic (exact) mass is 361 g/mol. The van der Waals surface area contributed by atoms with Crippen LogP contribution in [0, 0.1) is 20.8 Å². The first-order valence-electron chi connectivity index (χ1n) is 8.79. The summed E-state index contributed by atoms with van der Waals surface area (Å²) in [5, 5.41) is 13.5. The number of rotatable bonds is 6. The van der Waals surface area contributed by atoms with E-state index in [4.69, 9.17) is 4.74 Å². The standard InChI is InChI=1S/C19H27N3O2S/c1-14-4-5-15(2)18(16(14)3)24-13-17(23)12-21-7-9-22(10-8-21)19-20-6-11-25-19/h4-6,11,17,23H,7-10,12-13H2,1-3H3. The summed E-state index contributed by atoms with van der Waals surface area (Å²) in [7, 11) is 0. The van der Waals surface area contributed by atoms with Crippen LogP contribution in [0.3, 0.4) is 0 Å². The molecule has 0 bridgehead atoms. The van der Waals surface area contributed by atoms with Crippen LogP contribution in [-0.4, -0.2) is 60.4 Å². The van der Waals surface area contributed by atoms with E-state index in [1.54, 1.807) is 11.3 Å². The summed E-state index contributed by atoms with van der Waals surface area (Å²) >= 11 is 1.68. The number of β-amino-alcohol motifs (C(OH)–C–C–N with tert-alkyl or cyclic N) is 1. The number of hydrogen-bond donors (Lipinski definition) is 1. The molecule has 1 atom stereocenters. The highest BCUT2D eigenvalue weighted by Gasteiger charge is 2.21. The zero-order valence-electron chi connectivity index (χ0n) is 15.2. The number of aliphatic hydroxyl groups excluding tert-OH is 1. The minimum atomic E-state index is -0.481. The van der Waals surface area contributed by atoms with E-state index in [1.807, 2.05) is 18.5 Å². The number of hydrogen-bond acceptors (Lipinski definition) is 6. The predicted molar refractivity (Wildman–Crippen MR) is 103 cm³/mol. The fourth-order valence-electron chi connectivity index (χ4n) is 3.17. The van der Waals surface area contributed by atoms with Gasteiger partial charge in [-0.15, -0.1) is 11.3 Å². The molecule has 1 aliphatic heterocycles. The van der Waals surface area contributed by atoms with E-state index in [9.17, 15) is 5.11 Å². The second-order valence-electron chi connectivity index (χ2n) is 6.72. The second-order valence-corrected chi connectivity index (χ2v) is 7.59. The Kier molecular flexibility index (Phi) is 5.93. The molecule has 25 heavy (non-hydrogen) atoms. The number of nitrogens with zero attached hydrogens (tertiary/aromatic N) is 3. The lowest BCUT2D eigenvalue weighted by atomic mass is 10.1. The summed E-state index contributed by atoms with van der Waals surface area (Å²) in [5.41, 5.74) is 3.49. The maximum atomic E-state index is 10.4. The molecule has 1 N–H and O–H groups in total. The van der Waals surface area contributed by atoms with Crippen molar-refractivity contribution in [2.45, 2.75) is 26.9 Å². The molecule has 0 spiro atoms. The van der Waals surface area contributed by atoms with Gasteiger partial charge in [0.25, 0.3) is 0 Å². The molecular formula is C19H27N3O2S. The van der Waals surface area contributed by atoms with Crippen molar-refractivity contribution < 1.29 is 9.84 Å². The van der Waals surface area contributed by atoms with Crippen LogP contribution in [0.25, 0.3) is 0 Å². The molecule has 6 heteroatoms. The zero-order valence-corrected chi connectivity index (χ0v) is 16.1. The summed E-state index contributed by atoms with van der Waals surface area (Å²) in [6, 6.07) is 4.18. The SMILES string of the molecule is Cc1ccc(C)c(OCC(O)CN2CCN(c3nccs3)CC2)c1C. The van der Waals surface area contributed by atoms with E-state index in [1.165, 1.54) is 5.56 Å². The van der Waals surface area contributed by atoms with Crippen LogP contribution in [0.4, 0.5) is 5.13 Å². The second kappa shape index (κ2) is 8.17. The average Bonchev–Trinajstić information content (AvgIpc) is 3.13. The predicted octanol–water partition coefficient (Wildman–Crippen LogP) is 2.63. The van der Waals surface area contributed by atoms with Crippen LogP contribution in [-0.2, 0) is 0 Å². The number of anilines is 1. The van der Waals surface area contributed by atoms with Gasteiger partial charge < -0.3 is 14.7 Å². The van der Waals surface area contributed by atoms with Crippen molar-refractivity contribution >= 4 is 16.5 Å². The summed E-state index contributed by atoms with van der Waals surface area (Å²) in [5.74, 6) is 0.910. The summed E-state index contributed by atoms with van der Waals surface area (Å²) in [6.45, 7) is 11.0. The van der Waals surface area contributed by atoms with Gasteiger partial charge in [-0.1, -0.05) is 12.1 Å². The number of aryl methyl sites for hydroxylation is 2. The molecule has 0 radical (unpaired) electrons. The summed E-state index contributed by atoms with van der Waals surface area (Å²) in [4.78, 5) is 8.98. The quantitative estimate of drug-likeness (QED) is 0.857. The Morgan fingerprint density at radius 2 is 1.88 bits per heavy atom. The third-order valence-electron chi connectivity index (χ3n) is 4.82. The Morgan fingerprint density at radius 3 is 2.56 bits per heavy atom. The molecule has 1 aromatic heterocycles. The maximum Gasteiger partial charge on any atom is 0.185 e.